The first-order valence-electron chi connectivity index (χ1n) is 6.47. The molecule has 3 aromatic rings. The topological polar surface area (TPSA) is 63.8 Å². The van der Waals surface area contributed by atoms with E-state index >= 15 is 0 Å². The Balaban J connectivity index is 2.04. The molecule has 0 atom stereocenters. The smallest absolute Gasteiger partial charge is 0.107 e. The third-order valence-electron chi connectivity index (χ3n) is 3.31. The third kappa shape index (κ3) is 2.72. The number of aromatic nitrogens is 2. The van der Waals surface area contributed by atoms with Gasteiger partial charge in [0.15, 0.2) is 0 Å². The predicted molar refractivity (Wildman–Crippen MR) is 91.8 cm³/mol. The van der Waals surface area contributed by atoms with Crippen LogP contribution in [0.5, 0.6) is 0 Å². The van der Waals surface area contributed by atoms with Gasteiger partial charge in [0.1, 0.15) is 4.99 Å². The van der Waals surface area contributed by atoms with Gasteiger partial charge in [0.05, 0.1) is 34.5 Å². The van der Waals surface area contributed by atoms with Crippen LogP contribution in [0.1, 0.15) is 16.1 Å². The van der Waals surface area contributed by atoms with E-state index < -0.39 is 0 Å². The zero-order valence-electron chi connectivity index (χ0n) is 11.5. The SMILES string of the molecule is Cc1ncsc1CNc1c(C(N)=S)cnc2ccccc12. The molecule has 0 unspecified atom stereocenters. The molecule has 3 N–H and O–H groups in total. The average Bonchev–Trinajstić information content (AvgIpc) is 2.89. The van der Waals surface area contributed by atoms with Gasteiger partial charge in [-0.3, -0.25) is 4.98 Å². The van der Waals surface area contributed by atoms with Crippen LogP contribution in [0.15, 0.2) is 36.0 Å². The Bertz CT molecular complexity index is 810. The molecular formula is C15H14N4S2. The van der Waals surface area contributed by atoms with Crippen LogP contribution in [0, 0.1) is 6.92 Å². The Morgan fingerprint density at radius 2 is 2.14 bits per heavy atom. The molecule has 0 fully saturated rings. The molecule has 0 aliphatic rings. The summed E-state index contributed by atoms with van der Waals surface area (Å²) in [5.41, 5.74) is 11.3. The van der Waals surface area contributed by atoms with Crippen LogP contribution in [-0.2, 0) is 6.54 Å². The van der Waals surface area contributed by atoms with Gasteiger partial charge in [-0.15, -0.1) is 11.3 Å². The van der Waals surface area contributed by atoms with Crippen molar-refractivity contribution < 1.29 is 0 Å². The minimum absolute atomic E-state index is 0.344. The first-order valence-corrected chi connectivity index (χ1v) is 7.76. The molecule has 0 aliphatic carbocycles. The number of rotatable bonds is 4. The molecule has 2 aromatic heterocycles. The van der Waals surface area contributed by atoms with Gasteiger partial charge < -0.3 is 11.1 Å². The maximum absolute atomic E-state index is 5.83. The summed E-state index contributed by atoms with van der Waals surface area (Å²) in [6, 6.07) is 7.94. The summed E-state index contributed by atoms with van der Waals surface area (Å²) < 4.78 is 0. The predicted octanol–water partition coefficient (Wildman–Crippen LogP) is 3.25. The Morgan fingerprint density at radius 3 is 2.86 bits per heavy atom. The lowest BCUT2D eigenvalue weighted by molar-refractivity contribution is 1.12. The van der Waals surface area contributed by atoms with Crippen LogP contribution in [0.25, 0.3) is 10.9 Å². The lowest BCUT2D eigenvalue weighted by Crippen LogP contribution is -2.14. The van der Waals surface area contributed by atoms with Crippen LogP contribution >= 0.6 is 23.6 Å². The standard InChI is InChI=1S/C15H14N4S2/c1-9-13(21-8-19-9)7-18-14-10-4-2-3-5-12(10)17-6-11(14)15(16)20/h2-6,8H,7H2,1H3,(H2,16,20)(H,17,18). The molecule has 2 heterocycles. The summed E-state index contributed by atoms with van der Waals surface area (Å²) in [5, 5.41) is 4.46. The van der Waals surface area contributed by atoms with E-state index in [0.717, 1.165) is 27.8 Å². The number of hydrogen-bond acceptors (Lipinski definition) is 5. The maximum Gasteiger partial charge on any atom is 0.107 e. The lowest BCUT2D eigenvalue weighted by Gasteiger charge is -2.13. The highest BCUT2D eigenvalue weighted by atomic mass is 32.1. The summed E-state index contributed by atoms with van der Waals surface area (Å²) >= 11 is 6.78. The number of thiazole rings is 1. The van der Waals surface area contributed by atoms with Crippen LogP contribution in [0.3, 0.4) is 0 Å². The van der Waals surface area contributed by atoms with Crippen molar-refractivity contribution in [2.24, 2.45) is 5.73 Å². The van der Waals surface area contributed by atoms with Gasteiger partial charge in [0.2, 0.25) is 0 Å². The minimum Gasteiger partial charge on any atom is -0.389 e. The number of thiocarbonyl (C=S) groups is 1. The molecular weight excluding hydrogens is 300 g/mol. The maximum atomic E-state index is 5.83. The molecule has 0 radical (unpaired) electrons. The summed E-state index contributed by atoms with van der Waals surface area (Å²) in [5.74, 6) is 0. The molecule has 1 aromatic carbocycles. The number of fused-ring (bicyclic) bond motifs is 1. The normalized spacial score (nSPS) is 10.7. The van der Waals surface area contributed by atoms with Gasteiger partial charge in [0.25, 0.3) is 0 Å². The summed E-state index contributed by atoms with van der Waals surface area (Å²) in [6.45, 7) is 2.70. The van der Waals surface area contributed by atoms with E-state index in [1.807, 2.05) is 36.7 Å². The fourth-order valence-electron chi connectivity index (χ4n) is 2.18. The van der Waals surface area contributed by atoms with Crippen molar-refractivity contribution >= 4 is 45.1 Å². The molecule has 0 bridgehead atoms. The average molecular weight is 314 g/mol. The molecule has 3 rings (SSSR count). The lowest BCUT2D eigenvalue weighted by atomic mass is 10.1. The van der Waals surface area contributed by atoms with E-state index in [4.69, 9.17) is 18.0 Å². The Labute approximate surface area is 132 Å². The monoisotopic (exact) mass is 314 g/mol. The molecule has 6 heteroatoms. The number of benzene rings is 1. The number of hydrogen-bond donors (Lipinski definition) is 2. The Morgan fingerprint density at radius 1 is 1.33 bits per heavy atom. The second-order valence-corrected chi connectivity index (χ2v) is 6.02. The number of anilines is 1. The van der Waals surface area contributed by atoms with Gasteiger partial charge in [0, 0.05) is 16.5 Å². The number of nitrogens with two attached hydrogens (primary N) is 1. The number of pyridine rings is 1. The Hall–Kier alpha value is -2.05. The first kappa shape index (κ1) is 13.9. The molecule has 0 aliphatic heterocycles. The van der Waals surface area contributed by atoms with Crippen molar-refractivity contribution in [2.45, 2.75) is 13.5 Å². The van der Waals surface area contributed by atoms with Gasteiger partial charge in [-0.1, -0.05) is 30.4 Å². The van der Waals surface area contributed by atoms with Gasteiger partial charge >= 0.3 is 0 Å². The van der Waals surface area contributed by atoms with Crippen molar-refractivity contribution in [3.05, 3.63) is 52.1 Å². The van der Waals surface area contributed by atoms with Gasteiger partial charge in [-0.25, -0.2) is 4.98 Å². The quantitative estimate of drug-likeness (QED) is 0.724. The highest BCUT2D eigenvalue weighted by molar-refractivity contribution is 7.80. The van der Waals surface area contributed by atoms with Crippen LogP contribution < -0.4 is 11.1 Å². The second-order valence-electron chi connectivity index (χ2n) is 4.64. The fourth-order valence-corrected chi connectivity index (χ4v) is 3.05. The Kier molecular flexibility index (Phi) is 3.81. The molecule has 0 saturated carbocycles. The van der Waals surface area contributed by atoms with Crippen molar-refractivity contribution in [3.8, 4) is 0 Å². The first-order chi connectivity index (χ1) is 10.2. The summed E-state index contributed by atoms with van der Waals surface area (Å²) in [4.78, 5) is 10.2. The molecule has 4 nitrogen and oxygen atoms in total. The van der Waals surface area contributed by atoms with Crippen molar-refractivity contribution in [3.63, 3.8) is 0 Å². The van der Waals surface area contributed by atoms with Crippen molar-refractivity contribution in [2.75, 3.05) is 5.32 Å². The van der Waals surface area contributed by atoms with E-state index in [1.165, 1.54) is 4.88 Å². The third-order valence-corrected chi connectivity index (χ3v) is 4.47. The molecule has 0 amide bonds. The zero-order chi connectivity index (χ0) is 14.8. The van der Waals surface area contributed by atoms with Crippen LogP contribution in [-0.4, -0.2) is 15.0 Å². The van der Waals surface area contributed by atoms with E-state index in [2.05, 4.69) is 15.3 Å². The number of nitrogens with one attached hydrogen (secondary N) is 1. The molecule has 106 valence electrons. The van der Waals surface area contributed by atoms with Gasteiger partial charge in [-0.05, 0) is 13.0 Å². The minimum atomic E-state index is 0.344. The number of aryl methyl sites for hydroxylation is 1. The number of nitrogens with zero attached hydrogens (tertiary/aromatic N) is 2. The van der Waals surface area contributed by atoms with E-state index in [1.54, 1.807) is 17.5 Å². The molecule has 21 heavy (non-hydrogen) atoms. The highest BCUT2D eigenvalue weighted by Gasteiger charge is 2.11. The summed E-state index contributed by atoms with van der Waals surface area (Å²) in [6.07, 6.45) is 1.73. The van der Waals surface area contributed by atoms with Crippen LogP contribution in [0.4, 0.5) is 5.69 Å². The molecule has 0 saturated heterocycles. The molecule has 0 spiro atoms. The second kappa shape index (κ2) is 5.75. The number of para-hydroxylation sites is 1. The van der Waals surface area contributed by atoms with E-state index in [9.17, 15) is 0 Å². The van der Waals surface area contributed by atoms with E-state index in [-0.39, 0.29) is 0 Å². The van der Waals surface area contributed by atoms with Crippen molar-refractivity contribution in [1.29, 1.82) is 0 Å². The van der Waals surface area contributed by atoms with Crippen LogP contribution in [0.2, 0.25) is 0 Å². The van der Waals surface area contributed by atoms with Crippen molar-refractivity contribution in [1.82, 2.24) is 9.97 Å². The van der Waals surface area contributed by atoms with E-state index in [0.29, 0.717) is 11.5 Å². The zero-order valence-corrected chi connectivity index (χ0v) is 13.1. The van der Waals surface area contributed by atoms with Gasteiger partial charge in [-0.2, -0.15) is 0 Å². The fraction of sp³-hybridized carbons (Fsp3) is 0.133. The largest absolute Gasteiger partial charge is 0.389 e. The summed E-state index contributed by atoms with van der Waals surface area (Å²) in [7, 11) is 0. The highest BCUT2D eigenvalue weighted by Crippen LogP contribution is 2.27.